The summed E-state index contributed by atoms with van der Waals surface area (Å²) in [5.74, 6) is 1.34. The van der Waals surface area contributed by atoms with Crippen LogP contribution in [-0.4, -0.2) is 20.0 Å². The number of aromatic nitrogens is 4. The highest BCUT2D eigenvalue weighted by atomic mass is 35.5. The molecule has 0 amide bonds. The molecule has 4 aromatic rings. The van der Waals surface area contributed by atoms with Crippen LogP contribution in [0.1, 0.15) is 25.6 Å². The zero-order chi connectivity index (χ0) is 17.6. The lowest BCUT2D eigenvalue weighted by Crippen LogP contribution is -2.02. The second-order valence-corrected chi connectivity index (χ2v) is 6.70. The van der Waals surface area contributed by atoms with Crippen molar-refractivity contribution in [2.24, 2.45) is 0 Å². The standard InChI is InChI=1S/C19H17ClN4O/c1-11(2)24-17-9-6-14(10-16(17)22-23-24)19-21-18(12(3)25-19)13-4-7-15(20)8-5-13/h4-11H,1-3H3. The predicted molar refractivity (Wildman–Crippen MR) is 98.6 cm³/mol. The van der Waals surface area contributed by atoms with Crippen LogP contribution in [0.2, 0.25) is 5.02 Å². The van der Waals surface area contributed by atoms with Crippen LogP contribution in [0.4, 0.5) is 0 Å². The molecule has 0 saturated heterocycles. The first-order valence-corrected chi connectivity index (χ1v) is 8.49. The molecule has 6 heteroatoms. The fourth-order valence-electron chi connectivity index (χ4n) is 2.85. The molecule has 0 unspecified atom stereocenters. The van der Waals surface area contributed by atoms with E-state index in [2.05, 4.69) is 29.1 Å². The van der Waals surface area contributed by atoms with Crippen molar-refractivity contribution in [1.82, 2.24) is 20.0 Å². The summed E-state index contributed by atoms with van der Waals surface area (Å²) in [5.41, 5.74) is 4.50. The Bertz CT molecular complexity index is 1050. The van der Waals surface area contributed by atoms with E-state index in [0.29, 0.717) is 10.9 Å². The zero-order valence-corrected chi connectivity index (χ0v) is 14.9. The average molecular weight is 353 g/mol. The molecule has 0 N–H and O–H groups in total. The molecule has 0 fully saturated rings. The third kappa shape index (κ3) is 2.81. The maximum Gasteiger partial charge on any atom is 0.226 e. The molecule has 0 aliphatic rings. The van der Waals surface area contributed by atoms with Crippen molar-refractivity contribution < 1.29 is 4.42 Å². The molecule has 2 aromatic carbocycles. The minimum atomic E-state index is 0.260. The molecule has 25 heavy (non-hydrogen) atoms. The van der Waals surface area contributed by atoms with Crippen LogP contribution in [0.5, 0.6) is 0 Å². The lowest BCUT2D eigenvalue weighted by molar-refractivity contribution is 0.530. The van der Waals surface area contributed by atoms with Crippen molar-refractivity contribution >= 4 is 22.6 Å². The maximum atomic E-state index is 5.96. The predicted octanol–water partition coefficient (Wildman–Crippen LogP) is 5.30. The summed E-state index contributed by atoms with van der Waals surface area (Å²) in [4.78, 5) is 4.66. The smallest absolute Gasteiger partial charge is 0.226 e. The number of rotatable bonds is 3. The monoisotopic (exact) mass is 352 g/mol. The van der Waals surface area contributed by atoms with E-state index in [0.717, 1.165) is 33.6 Å². The number of hydrogen-bond acceptors (Lipinski definition) is 4. The van der Waals surface area contributed by atoms with Crippen LogP contribution >= 0.6 is 11.6 Å². The Kier molecular flexibility index (Phi) is 3.81. The van der Waals surface area contributed by atoms with Gasteiger partial charge < -0.3 is 4.42 Å². The van der Waals surface area contributed by atoms with Crippen LogP contribution in [0.15, 0.2) is 46.9 Å². The van der Waals surface area contributed by atoms with Crippen molar-refractivity contribution in [1.29, 1.82) is 0 Å². The van der Waals surface area contributed by atoms with Crippen LogP contribution < -0.4 is 0 Å². The maximum absolute atomic E-state index is 5.96. The second-order valence-electron chi connectivity index (χ2n) is 6.26. The topological polar surface area (TPSA) is 56.7 Å². The van der Waals surface area contributed by atoms with Crippen molar-refractivity contribution in [2.75, 3.05) is 0 Å². The highest BCUT2D eigenvalue weighted by molar-refractivity contribution is 6.30. The summed E-state index contributed by atoms with van der Waals surface area (Å²) >= 11 is 5.96. The highest BCUT2D eigenvalue weighted by Gasteiger charge is 2.15. The van der Waals surface area contributed by atoms with E-state index in [4.69, 9.17) is 16.0 Å². The molecule has 2 heterocycles. The summed E-state index contributed by atoms with van der Waals surface area (Å²) in [6.07, 6.45) is 0. The number of aryl methyl sites for hydroxylation is 1. The minimum Gasteiger partial charge on any atom is -0.441 e. The van der Waals surface area contributed by atoms with E-state index in [1.165, 1.54) is 0 Å². The summed E-state index contributed by atoms with van der Waals surface area (Å²) in [6, 6.07) is 13.8. The molecule has 4 rings (SSSR count). The van der Waals surface area contributed by atoms with E-state index in [1.807, 2.05) is 54.1 Å². The molecule has 0 spiro atoms. The van der Waals surface area contributed by atoms with Crippen molar-refractivity contribution in [3.8, 4) is 22.7 Å². The van der Waals surface area contributed by atoms with Gasteiger partial charge in [-0.2, -0.15) is 0 Å². The molecular formula is C19H17ClN4O. The molecule has 126 valence electrons. The van der Waals surface area contributed by atoms with Crippen molar-refractivity contribution in [2.45, 2.75) is 26.8 Å². The van der Waals surface area contributed by atoms with Crippen LogP contribution in [-0.2, 0) is 0 Å². The Morgan fingerprint density at radius 2 is 1.76 bits per heavy atom. The molecule has 0 saturated carbocycles. The summed E-state index contributed by atoms with van der Waals surface area (Å²) < 4.78 is 7.79. The number of fused-ring (bicyclic) bond motifs is 1. The van der Waals surface area contributed by atoms with E-state index < -0.39 is 0 Å². The summed E-state index contributed by atoms with van der Waals surface area (Å²) in [5, 5.41) is 9.16. The van der Waals surface area contributed by atoms with Gasteiger partial charge in [-0.25, -0.2) is 9.67 Å². The highest BCUT2D eigenvalue weighted by Crippen LogP contribution is 2.30. The quantitative estimate of drug-likeness (QED) is 0.502. The van der Waals surface area contributed by atoms with Gasteiger partial charge in [0.15, 0.2) is 0 Å². The minimum absolute atomic E-state index is 0.260. The van der Waals surface area contributed by atoms with E-state index in [9.17, 15) is 0 Å². The van der Waals surface area contributed by atoms with Gasteiger partial charge in [0.05, 0.1) is 5.52 Å². The summed E-state index contributed by atoms with van der Waals surface area (Å²) in [7, 11) is 0. The average Bonchev–Trinajstić information content (AvgIpc) is 3.18. The SMILES string of the molecule is Cc1oc(-c2ccc3c(c2)nnn3C(C)C)nc1-c1ccc(Cl)cc1. The second kappa shape index (κ2) is 6.01. The fraction of sp³-hybridized carbons (Fsp3) is 0.211. The lowest BCUT2D eigenvalue weighted by atomic mass is 10.1. The number of benzene rings is 2. The normalized spacial score (nSPS) is 11.6. The van der Waals surface area contributed by atoms with Gasteiger partial charge in [-0.1, -0.05) is 28.9 Å². The molecule has 0 atom stereocenters. The van der Waals surface area contributed by atoms with Gasteiger partial charge in [-0.15, -0.1) is 5.10 Å². The van der Waals surface area contributed by atoms with Gasteiger partial charge in [-0.05, 0) is 51.1 Å². The first kappa shape index (κ1) is 15.8. The van der Waals surface area contributed by atoms with Crippen LogP contribution in [0.25, 0.3) is 33.7 Å². The zero-order valence-electron chi connectivity index (χ0n) is 14.2. The number of oxazole rings is 1. The van der Waals surface area contributed by atoms with Gasteiger partial charge in [0.1, 0.15) is 17.0 Å². The van der Waals surface area contributed by atoms with Gasteiger partial charge in [-0.3, -0.25) is 0 Å². The largest absolute Gasteiger partial charge is 0.441 e. The molecule has 2 aromatic heterocycles. The third-order valence-corrected chi connectivity index (χ3v) is 4.37. The Balaban J connectivity index is 1.76. The van der Waals surface area contributed by atoms with Gasteiger partial charge in [0.2, 0.25) is 5.89 Å². The van der Waals surface area contributed by atoms with E-state index in [1.54, 1.807) is 0 Å². The first-order chi connectivity index (χ1) is 12.0. The Morgan fingerprint density at radius 1 is 1.04 bits per heavy atom. The van der Waals surface area contributed by atoms with Crippen LogP contribution in [0.3, 0.4) is 0 Å². The Hall–Kier alpha value is -2.66. The van der Waals surface area contributed by atoms with Gasteiger partial charge in [0.25, 0.3) is 0 Å². The van der Waals surface area contributed by atoms with Crippen LogP contribution in [0, 0.1) is 6.92 Å². The van der Waals surface area contributed by atoms with Crippen molar-refractivity contribution in [3.05, 3.63) is 53.2 Å². The Morgan fingerprint density at radius 3 is 2.48 bits per heavy atom. The third-order valence-electron chi connectivity index (χ3n) is 4.12. The first-order valence-electron chi connectivity index (χ1n) is 8.11. The molecule has 0 radical (unpaired) electrons. The molecule has 0 aliphatic carbocycles. The molecule has 0 bridgehead atoms. The Labute approximate surface area is 150 Å². The number of halogens is 1. The van der Waals surface area contributed by atoms with E-state index in [-0.39, 0.29) is 6.04 Å². The number of hydrogen-bond donors (Lipinski definition) is 0. The van der Waals surface area contributed by atoms with Crippen molar-refractivity contribution in [3.63, 3.8) is 0 Å². The van der Waals surface area contributed by atoms with Gasteiger partial charge >= 0.3 is 0 Å². The molecule has 0 aliphatic heterocycles. The fourth-order valence-corrected chi connectivity index (χ4v) is 2.98. The summed E-state index contributed by atoms with van der Waals surface area (Å²) in [6.45, 7) is 6.07. The molecular weight excluding hydrogens is 336 g/mol. The van der Waals surface area contributed by atoms with Gasteiger partial charge in [0, 0.05) is 22.2 Å². The number of nitrogens with zero attached hydrogens (tertiary/aromatic N) is 4. The lowest BCUT2D eigenvalue weighted by Gasteiger charge is -2.05. The van der Waals surface area contributed by atoms with E-state index >= 15 is 0 Å². The molecule has 5 nitrogen and oxygen atoms in total.